The number of hydrogen-bond donors (Lipinski definition) is 1. The van der Waals surface area contributed by atoms with Crippen LogP contribution in [0.5, 0.6) is 0 Å². The fourth-order valence-electron chi connectivity index (χ4n) is 2.37. The average molecular weight is 367 g/mol. The standard InChI is InChI=1S/C17H16Cl2N2O3/c1-10(2)16(11-3-5-12(18)6-4-11)20-17(22)14-8-7-13(19)9-15(14)21(23)24/h3-10,16H,1-2H3,(H,20,22). The second-order valence-corrected chi connectivity index (χ2v) is 6.54. The van der Waals surface area contributed by atoms with E-state index in [2.05, 4.69) is 5.32 Å². The van der Waals surface area contributed by atoms with Crippen LogP contribution < -0.4 is 5.32 Å². The Balaban J connectivity index is 2.32. The van der Waals surface area contributed by atoms with Crippen LogP contribution in [0.4, 0.5) is 5.69 Å². The first-order valence-electron chi connectivity index (χ1n) is 7.30. The van der Waals surface area contributed by atoms with Gasteiger partial charge in [0.2, 0.25) is 0 Å². The van der Waals surface area contributed by atoms with Crippen molar-refractivity contribution in [3.05, 3.63) is 73.8 Å². The molecule has 0 bridgehead atoms. The summed E-state index contributed by atoms with van der Waals surface area (Å²) in [5.74, 6) is -0.437. The number of carbonyl (C=O) groups excluding carboxylic acids is 1. The van der Waals surface area contributed by atoms with Gasteiger partial charge in [-0.25, -0.2) is 0 Å². The fraction of sp³-hybridized carbons (Fsp3) is 0.235. The molecule has 1 atom stereocenters. The predicted molar refractivity (Wildman–Crippen MR) is 94.6 cm³/mol. The molecule has 0 spiro atoms. The fourth-order valence-corrected chi connectivity index (χ4v) is 2.66. The van der Waals surface area contributed by atoms with E-state index < -0.39 is 10.8 Å². The summed E-state index contributed by atoms with van der Waals surface area (Å²) in [7, 11) is 0. The zero-order valence-electron chi connectivity index (χ0n) is 13.1. The highest BCUT2D eigenvalue weighted by Gasteiger charge is 2.24. The number of halogens is 2. The maximum Gasteiger partial charge on any atom is 0.283 e. The molecule has 5 nitrogen and oxygen atoms in total. The first kappa shape index (κ1) is 18.2. The molecular formula is C17H16Cl2N2O3. The monoisotopic (exact) mass is 366 g/mol. The maximum atomic E-state index is 12.6. The van der Waals surface area contributed by atoms with Gasteiger partial charge in [0.1, 0.15) is 5.56 Å². The van der Waals surface area contributed by atoms with Crippen molar-refractivity contribution in [2.24, 2.45) is 5.92 Å². The van der Waals surface area contributed by atoms with Crippen molar-refractivity contribution in [2.75, 3.05) is 0 Å². The Morgan fingerprint density at radius 1 is 1.08 bits per heavy atom. The zero-order chi connectivity index (χ0) is 17.9. The van der Waals surface area contributed by atoms with Gasteiger partial charge in [-0.05, 0) is 35.7 Å². The van der Waals surface area contributed by atoms with Crippen LogP contribution in [0.15, 0.2) is 42.5 Å². The molecule has 2 aromatic carbocycles. The molecule has 0 aliphatic rings. The van der Waals surface area contributed by atoms with Crippen LogP contribution in [-0.2, 0) is 0 Å². The lowest BCUT2D eigenvalue weighted by atomic mass is 9.95. The van der Waals surface area contributed by atoms with Gasteiger partial charge in [-0.2, -0.15) is 0 Å². The van der Waals surface area contributed by atoms with E-state index in [1.807, 2.05) is 26.0 Å². The number of nitrogens with zero attached hydrogens (tertiary/aromatic N) is 1. The largest absolute Gasteiger partial charge is 0.345 e. The minimum atomic E-state index is -0.618. The number of nitro benzene ring substituents is 1. The van der Waals surface area contributed by atoms with Gasteiger partial charge in [0, 0.05) is 16.1 Å². The van der Waals surface area contributed by atoms with Gasteiger partial charge < -0.3 is 5.32 Å². The number of hydrogen-bond acceptors (Lipinski definition) is 3. The molecule has 0 fully saturated rings. The highest BCUT2D eigenvalue weighted by atomic mass is 35.5. The quantitative estimate of drug-likeness (QED) is 0.595. The van der Waals surface area contributed by atoms with E-state index >= 15 is 0 Å². The highest BCUT2D eigenvalue weighted by molar-refractivity contribution is 6.31. The minimum absolute atomic E-state index is 0.0241. The molecule has 0 saturated carbocycles. The van der Waals surface area contributed by atoms with Crippen molar-refractivity contribution < 1.29 is 9.72 Å². The summed E-state index contributed by atoms with van der Waals surface area (Å²) < 4.78 is 0. The average Bonchev–Trinajstić information content (AvgIpc) is 2.53. The smallest absolute Gasteiger partial charge is 0.283 e. The lowest BCUT2D eigenvalue weighted by molar-refractivity contribution is -0.385. The molecule has 1 N–H and O–H groups in total. The second-order valence-electron chi connectivity index (χ2n) is 5.67. The van der Waals surface area contributed by atoms with Crippen LogP contribution in [0.1, 0.15) is 35.8 Å². The zero-order valence-corrected chi connectivity index (χ0v) is 14.6. The number of benzene rings is 2. The van der Waals surface area contributed by atoms with Crippen molar-refractivity contribution in [1.82, 2.24) is 5.32 Å². The third-order valence-corrected chi connectivity index (χ3v) is 4.07. The maximum absolute atomic E-state index is 12.6. The normalized spacial score (nSPS) is 12.0. The third-order valence-electron chi connectivity index (χ3n) is 3.58. The van der Waals surface area contributed by atoms with Crippen LogP contribution in [0.2, 0.25) is 10.0 Å². The summed E-state index contributed by atoms with van der Waals surface area (Å²) >= 11 is 11.7. The summed E-state index contributed by atoms with van der Waals surface area (Å²) in [5.41, 5.74) is 0.530. The van der Waals surface area contributed by atoms with E-state index in [-0.39, 0.29) is 28.2 Å². The van der Waals surface area contributed by atoms with Gasteiger partial charge in [0.25, 0.3) is 11.6 Å². The van der Waals surface area contributed by atoms with Gasteiger partial charge in [0.05, 0.1) is 11.0 Å². The van der Waals surface area contributed by atoms with E-state index in [1.54, 1.807) is 12.1 Å². The molecule has 0 aliphatic carbocycles. The van der Waals surface area contributed by atoms with Crippen LogP contribution in [-0.4, -0.2) is 10.8 Å². The Labute approximate surface area is 149 Å². The highest BCUT2D eigenvalue weighted by Crippen LogP contribution is 2.27. The van der Waals surface area contributed by atoms with Gasteiger partial charge >= 0.3 is 0 Å². The Kier molecular flexibility index (Phi) is 5.80. The summed E-state index contributed by atoms with van der Waals surface area (Å²) in [6, 6.07) is 10.8. The summed E-state index contributed by atoms with van der Waals surface area (Å²) in [6.07, 6.45) is 0. The molecule has 126 valence electrons. The van der Waals surface area contributed by atoms with Crippen molar-refractivity contribution >= 4 is 34.8 Å². The molecule has 1 unspecified atom stereocenters. The number of nitrogens with one attached hydrogen (secondary N) is 1. The summed E-state index contributed by atoms with van der Waals surface area (Å²) in [4.78, 5) is 23.1. The molecule has 0 aliphatic heterocycles. The lowest BCUT2D eigenvalue weighted by Crippen LogP contribution is -2.32. The molecule has 0 radical (unpaired) electrons. The number of rotatable bonds is 5. The number of nitro groups is 1. The van der Waals surface area contributed by atoms with Crippen molar-refractivity contribution in [3.63, 3.8) is 0 Å². The molecule has 0 heterocycles. The molecule has 24 heavy (non-hydrogen) atoms. The first-order chi connectivity index (χ1) is 11.3. The van der Waals surface area contributed by atoms with Crippen molar-refractivity contribution in [3.8, 4) is 0 Å². The summed E-state index contributed by atoms with van der Waals surface area (Å²) in [6.45, 7) is 3.91. The van der Waals surface area contributed by atoms with Crippen LogP contribution in [0, 0.1) is 16.0 Å². The van der Waals surface area contributed by atoms with Crippen LogP contribution in [0.25, 0.3) is 0 Å². The molecule has 7 heteroatoms. The third kappa shape index (κ3) is 4.24. The van der Waals surface area contributed by atoms with E-state index in [0.29, 0.717) is 5.02 Å². The summed E-state index contributed by atoms with van der Waals surface area (Å²) in [5, 5.41) is 14.8. The Morgan fingerprint density at radius 2 is 1.67 bits per heavy atom. The number of carbonyl (C=O) groups is 1. The minimum Gasteiger partial charge on any atom is -0.345 e. The van der Waals surface area contributed by atoms with E-state index in [1.165, 1.54) is 18.2 Å². The Hall–Kier alpha value is -2.11. The molecule has 1 amide bonds. The van der Waals surface area contributed by atoms with Gasteiger partial charge in [-0.15, -0.1) is 0 Å². The lowest BCUT2D eigenvalue weighted by Gasteiger charge is -2.23. The van der Waals surface area contributed by atoms with E-state index in [4.69, 9.17) is 23.2 Å². The Morgan fingerprint density at radius 3 is 2.21 bits per heavy atom. The van der Waals surface area contributed by atoms with Gasteiger partial charge in [-0.1, -0.05) is 49.2 Å². The van der Waals surface area contributed by atoms with Crippen LogP contribution >= 0.6 is 23.2 Å². The predicted octanol–water partition coefficient (Wildman–Crippen LogP) is 5.03. The molecular weight excluding hydrogens is 351 g/mol. The molecule has 0 saturated heterocycles. The molecule has 2 aromatic rings. The van der Waals surface area contributed by atoms with Gasteiger partial charge in [0.15, 0.2) is 0 Å². The van der Waals surface area contributed by atoms with Crippen molar-refractivity contribution in [2.45, 2.75) is 19.9 Å². The number of amides is 1. The van der Waals surface area contributed by atoms with E-state index in [9.17, 15) is 14.9 Å². The Bertz CT molecular complexity index is 761. The first-order valence-corrected chi connectivity index (χ1v) is 8.05. The van der Waals surface area contributed by atoms with E-state index in [0.717, 1.165) is 5.56 Å². The second kappa shape index (κ2) is 7.64. The topological polar surface area (TPSA) is 72.2 Å². The van der Waals surface area contributed by atoms with Crippen LogP contribution in [0.3, 0.4) is 0 Å². The molecule has 0 aromatic heterocycles. The van der Waals surface area contributed by atoms with Crippen molar-refractivity contribution in [1.29, 1.82) is 0 Å². The SMILES string of the molecule is CC(C)C(NC(=O)c1ccc(Cl)cc1[N+](=O)[O-])c1ccc(Cl)cc1. The van der Waals surface area contributed by atoms with Gasteiger partial charge in [-0.3, -0.25) is 14.9 Å². The molecule has 2 rings (SSSR count).